The van der Waals surface area contributed by atoms with Crippen LogP contribution in [0.5, 0.6) is 0 Å². The molecular weight excluding hydrogens is 258 g/mol. The molecule has 2 aliphatic heterocycles. The first-order valence-electron chi connectivity index (χ1n) is 7.68. The Morgan fingerprint density at radius 2 is 2.16 bits per heavy atom. The molecule has 19 heavy (non-hydrogen) atoms. The van der Waals surface area contributed by atoms with E-state index in [0.717, 1.165) is 13.2 Å². The third kappa shape index (κ3) is 3.87. The molecule has 3 nitrogen and oxygen atoms in total. The van der Waals surface area contributed by atoms with Gasteiger partial charge in [0.05, 0.1) is 11.7 Å². The molecule has 2 fully saturated rings. The SMILES string of the molecule is CCNC(C1CCOC2(CCSCC2)C1)C(C)OC. The fourth-order valence-corrected chi connectivity index (χ4v) is 4.80. The van der Waals surface area contributed by atoms with E-state index in [-0.39, 0.29) is 11.7 Å². The third-order valence-corrected chi connectivity index (χ3v) is 5.75. The van der Waals surface area contributed by atoms with Crippen LogP contribution >= 0.6 is 11.8 Å². The quantitative estimate of drug-likeness (QED) is 0.842. The predicted molar refractivity (Wildman–Crippen MR) is 81.9 cm³/mol. The van der Waals surface area contributed by atoms with Crippen molar-refractivity contribution in [3.05, 3.63) is 0 Å². The molecule has 4 heteroatoms. The molecule has 2 aliphatic rings. The van der Waals surface area contributed by atoms with Gasteiger partial charge in [-0.2, -0.15) is 11.8 Å². The molecule has 0 aromatic heterocycles. The predicted octanol–water partition coefficient (Wildman–Crippen LogP) is 2.69. The van der Waals surface area contributed by atoms with E-state index in [1.165, 1.54) is 37.2 Å². The van der Waals surface area contributed by atoms with E-state index in [2.05, 4.69) is 30.9 Å². The standard InChI is InChI=1S/C15H29NO2S/c1-4-16-14(12(2)17-3)13-5-8-18-15(11-13)6-9-19-10-7-15/h12-14,16H,4-11H2,1-3H3. The van der Waals surface area contributed by atoms with E-state index in [1.54, 1.807) is 0 Å². The molecule has 1 spiro atoms. The van der Waals surface area contributed by atoms with Gasteiger partial charge in [0.1, 0.15) is 0 Å². The Balaban J connectivity index is 2.01. The Hall–Kier alpha value is 0.230. The highest BCUT2D eigenvalue weighted by atomic mass is 32.2. The molecule has 2 heterocycles. The van der Waals surface area contributed by atoms with Crippen molar-refractivity contribution in [3.8, 4) is 0 Å². The van der Waals surface area contributed by atoms with Crippen LogP contribution in [0.3, 0.4) is 0 Å². The summed E-state index contributed by atoms with van der Waals surface area (Å²) in [5, 5.41) is 3.64. The lowest BCUT2D eigenvalue weighted by Gasteiger charge is -2.46. The zero-order chi connectivity index (χ0) is 13.7. The van der Waals surface area contributed by atoms with Crippen LogP contribution in [-0.2, 0) is 9.47 Å². The highest BCUT2D eigenvalue weighted by molar-refractivity contribution is 7.99. The monoisotopic (exact) mass is 287 g/mol. The number of thioether (sulfide) groups is 1. The van der Waals surface area contributed by atoms with Gasteiger partial charge >= 0.3 is 0 Å². The van der Waals surface area contributed by atoms with Crippen molar-refractivity contribution in [1.29, 1.82) is 0 Å². The second kappa shape index (κ2) is 7.30. The van der Waals surface area contributed by atoms with Crippen molar-refractivity contribution in [2.75, 3.05) is 31.8 Å². The Bertz CT molecular complexity index is 263. The molecule has 0 bridgehead atoms. The molecule has 3 unspecified atom stereocenters. The van der Waals surface area contributed by atoms with Crippen LogP contribution < -0.4 is 5.32 Å². The van der Waals surface area contributed by atoms with Gasteiger partial charge in [-0.25, -0.2) is 0 Å². The average molecular weight is 287 g/mol. The topological polar surface area (TPSA) is 30.5 Å². The largest absolute Gasteiger partial charge is 0.380 e. The van der Waals surface area contributed by atoms with Crippen molar-refractivity contribution < 1.29 is 9.47 Å². The highest BCUT2D eigenvalue weighted by Gasteiger charge is 2.41. The molecule has 0 aromatic carbocycles. The molecule has 0 amide bonds. The summed E-state index contributed by atoms with van der Waals surface area (Å²) in [5.74, 6) is 3.21. The van der Waals surface area contributed by atoms with Gasteiger partial charge in [-0.3, -0.25) is 0 Å². The molecule has 0 aromatic rings. The molecule has 0 radical (unpaired) electrons. The van der Waals surface area contributed by atoms with Crippen LogP contribution in [0.2, 0.25) is 0 Å². The fraction of sp³-hybridized carbons (Fsp3) is 1.00. The van der Waals surface area contributed by atoms with Gasteiger partial charge in [0.2, 0.25) is 0 Å². The average Bonchev–Trinajstić information content (AvgIpc) is 2.45. The van der Waals surface area contributed by atoms with Crippen LogP contribution in [0.15, 0.2) is 0 Å². The lowest BCUT2D eigenvalue weighted by molar-refractivity contribution is -0.114. The van der Waals surface area contributed by atoms with Crippen molar-refractivity contribution in [2.24, 2.45) is 5.92 Å². The summed E-state index contributed by atoms with van der Waals surface area (Å²) in [7, 11) is 1.82. The zero-order valence-electron chi connectivity index (χ0n) is 12.6. The van der Waals surface area contributed by atoms with Crippen LogP contribution in [0.1, 0.15) is 39.5 Å². The van der Waals surface area contributed by atoms with Gasteiger partial charge in [-0.15, -0.1) is 0 Å². The number of hydrogen-bond donors (Lipinski definition) is 1. The number of rotatable bonds is 5. The van der Waals surface area contributed by atoms with Crippen LogP contribution in [0.25, 0.3) is 0 Å². The third-order valence-electron chi connectivity index (χ3n) is 4.76. The summed E-state index contributed by atoms with van der Waals surface area (Å²) in [6.45, 7) is 6.31. The van der Waals surface area contributed by atoms with E-state index < -0.39 is 0 Å². The normalized spacial score (nSPS) is 30.2. The molecule has 3 atom stereocenters. The van der Waals surface area contributed by atoms with E-state index in [1.807, 2.05) is 7.11 Å². The maximum atomic E-state index is 6.20. The first-order valence-corrected chi connectivity index (χ1v) is 8.84. The maximum Gasteiger partial charge on any atom is 0.0701 e. The Labute approximate surface area is 122 Å². The summed E-state index contributed by atoms with van der Waals surface area (Å²) in [6.07, 6.45) is 5.11. The van der Waals surface area contributed by atoms with Gasteiger partial charge in [0, 0.05) is 19.8 Å². The van der Waals surface area contributed by atoms with Crippen molar-refractivity contribution in [2.45, 2.75) is 57.3 Å². The van der Waals surface area contributed by atoms with Crippen molar-refractivity contribution >= 4 is 11.8 Å². The van der Waals surface area contributed by atoms with Gasteiger partial charge in [0.15, 0.2) is 0 Å². The summed E-state index contributed by atoms with van der Waals surface area (Å²) in [4.78, 5) is 0. The van der Waals surface area contributed by atoms with E-state index in [4.69, 9.17) is 9.47 Å². The van der Waals surface area contributed by atoms with Gasteiger partial charge in [0.25, 0.3) is 0 Å². The van der Waals surface area contributed by atoms with E-state index in [0.29, 0.717) is 12.0 Å². The number of nitrogens with one attached hydrogen (secondary N) is 1. The van der Waals surface area contributed by atoms with Crippen molar-refractivity contribution in [1.82, 2.24) is 5.32 Å². The summed E-state index contributed by atoms with van der Waals surface area (Å²) in [5.41, 5.74) is 0.176. The van der Waals surface area contributed by atoms with Crippen LogP contribution in [0, 0.1) is 5.92 Å². The molecule has 2 saturated heterocycles. The molecule has 2 rings (SSSR count). The fourth-order valence-electron chi connectivity index (χ4n) is 3.56. The van der Waals surface area contributed by atoms with Crippen LogP contribution in [-0.4, -0.2) is 49.5 Å². The Morgan fingerprint density at radius 3 is 2.79 bits per heavy atom. The van der Waals surface area contributed by atoms with Crippen molar-refractivity contribution in [3.63, 3.8) is 0 Å². The smallest absolute Gasteiger partial charge is 0.0701 e. The van der Waals surface area contributed by atoms with Gasteiger partial charge < -0.3 is 14.8 Å². The minimum Gasteiger partial charge on any atom is -0.380 e. The lowest BCUT2D eigenvalue weighted by Crippen LogP contribution is -2.52. The van der Waals surface area contributed by atoms with E-state index in [9.17, 15) is 0 Å². The minimum absolute atomic E-state index is 0.176. The molecular formula is C15H29NO2S. The number of ether oxygens (including phenoxy) is 2. The zero-order valence-corrected chi connectivity index (χ0v) is 13.4. The van der Waals surface area contributed by atoms with Crippen LogP contribution in [0.4, 0.5) is 0 Å². The number of hydrogen-bond acceptors (Lipinski definition) is 4. The lowest BCUT2D eigenvalue weighted by atomic mass is 9.77. The molecule has 112 valence electrons. The molecule has 1 N–H and O–H groups in total. The molecule has 0 saturated carbocycles. The number of likely N-dealkylation sites (N-methyl/N-ethyl adjacent to an activating group) is 1. The minimum atomic E-state index is 0.176. The summed E-state index contributed by atoms with van der Waals surface area (Å²) < 4.78 is 11.8. The first kappa shape index (κ1) is 15.6. The van der Waals surface area contributed by atoms with E-state index >= 15 is 0 Å². The second-order valence-corrected chi connectivity index (χ2v) is 7.15. The Morgan fingerprint density at radius 1 is 1.42 bits per heavy atom. The molecule has 0 aliphatic carbocycles. The first-order chi connectivity index (χ1) is 9.21. The van der Waals surface area contributed by atoms with Gasteiger partial charge in [-0.05, 0) is 56.6 Å². The second-order valence-electron chi connectivity index (χ2n) is 5.92. The summed E-state index contributed by atoms with van der Waals surface area (Å²) >= 11 is 2.07. The summed E-state index contributed by atoms with van der Waals surface area (Å²) in [6, 6.07) is 0.463. The van der Waals surface area contributed by atoms with Gasteiger partial charge in [-0.1, -0.05) is 6.92 Å². The maximum absolute atomic E-state index is 6.20. The Kier molecular flexibility index (Phi) is 6.00. The highest BCUT2D eigenvalue weighted by Crippen LogP contribution is 2.41. The number of methoxy groups -OCH3 is 1.